The highest BCUT2D eigenvalue weighted by Crippen LogP contribution is 2.24. The summed E-state index contributed by atoms with van der Waals surface area (Å²) in [6.07, 6.45) is -0.0281. The van der Waals surface area contributed by atoms with E-state index in [9.17, 15) is 9.59 Å². The first-order valence-electron chi connectivity index (χ1n) is 4.98. The highest BCUT2D eigenvalue weighted by atomic mass is 79.9. The summed E-state index contributed by atoms with van der Waals surface area (Å²) in [5.74, 6) is -1.53. The fourth-order valence-corrected chi connectivity index (χ4v) is 1.87. The van der Waals surface area contributed by atoms with E-state index in [1.165, 1.54) is 14.2 Å². The van der Waals surface area contributed by atoms with Gasteiger partial charge in [-0.05, 0) is 17.7 Å². The Hall–Kier alpha value is -1.36. The second-order valence-electron chi connectivity index (χ2n) is 3.41. The Balaban J connectivity index is 2.97. The lowest BCUT2D eigenvalue weighted by Gasteiger charge is -2.13. The summed E-state index contributed by atoms with van der Waals surface area (Å²) < 4.78 is 10.1. The topological polar surface area (TPSA) is 52.6 Å². The average Bonchev–Trinajstić information content (AvgIpc) is 2.34. The summed E-state index contributed by atoms with van der Waals surface area (Å²) in [4.78, 5) is 22.9. The Labute approximate surface area is 108 Å². The van der Waals surface area contributed by atoms with Crippen molar-refractivity contribution in [1.29, 1.82) is 0 Å². The van der Waals surface area contributed by atoms with Gasteiger partial charge in [0.15, 0.2) is 0 Å². The third kappa shape index (κ3) is 3.85. The van der Waals surface area contributed by atoms with E-state index in [4.69, 9.17) is 4.74 Å². The molecule has 0 saturated heterocycles. The number of hydrogen-bond acceptors (Lipinski definition) is 4. The molecule has 0 bridgehead atoms. The van der Waals surface area contributed by atoms with Crippen LogP contribution in [0.25, 0.3) is 0 Å². The lowest BCUT2D eigenvalue weighted by atomic mass is 9.96. The Morgan fingerprint density at radius 1 is 1.29 bits per heavy atom. The Morgan fingerprint density at radius 3 is 2.53 bits per heavy atom. The number of halogens is 1. The maximum absolute atomic E-state index is 11.6. The molecular weight excluding hydrogens is 288 g/mol. The lowest BCUT2D eigenvalue weighted by Crippen LogP contribution is -2.18. The van der Waals surface area contributed by atoms with Crippen molar-refractivity contribution < 1.29 is 19.1 Å². The molecule has 1 aromatic rings. The molecule has 4 nitrogen and oxygen atoms in total. The fraction of sp³-hybridized carbons (Fsp3) is 0.333. The van der Waals surface area contributed by atoms with Crippen LogP contribution in [-0.2, 0) is 19.1 Å². The molecule has 1 atom stereocenters. The molecule has 0 fully saturated rings. The number of benzene rings is 1. The van der Waals surface area contributed by atoms with Crippen molar-refractivity contribution in [2.75, 3.05) is 14.2 Å². The molecule has 0 heterocycles. The number of rotatable bonds is 4. The van der Waals surface area contributed by atoms with Crippen LogP contribution in [0, 0.1) is 0 Å². The van der Waals surface area contributed by atoms with Crippen molar-refractivity contribution in [1.82, 2.24) is 0 Å². The Morgan fingerprint density at radius 2 is 2.00 bits per heavy atom. The van der Waals surface area contributed by atoms with Gasteiger partial charge in [0, 0.05) is 4.47 Å². The monoisotopic (exact) mass is 300 g/mol. The van der Waals surface area contributed by atoms with Crippen LogP contribution in [0.4, 0.5) is 0 Å². The fourth-order valence-electron chi connectivity index (χ4n) is 1.45. The first-order chi connectivity index (χ1) is 8.08. The van der Waals surface area contributed by atoms with Gasteiger partial charge in [0.05, 0.1) is 26.6 Å². The van der Waals surface area contributed by atoms with Gasteiger partial charge in [-0.15, -0.1) is 0 Å². The SMILES string of the molecule is COC(=O)CC(C(=O)OC)c1cccc(Br)c1. The molecule has 0 saturated carbocycles. The van der Waals surface area contributed by atoms with Gasteiger partial charge in [-0.3, -0.25) is 9.59 Å². The molecule has 1 unspecified atom stereocenters. The second-order valence-corrected chi connectivity index (χ2v) is 4.33. The van der Waals surface area contributed by atoms with E-state index in [1.54, 1.807) is 18.2 Å². The van der Waals surface area contributed by atoms with Gasteiger partial charge in [0.2, 0.25) is 0 Å². The summed E-state index contributed by atoms with van der Waals surface area (Å²) in [5.41, 5.74) is 0.719. The zero-order valence-electron chi connectivity index (χ0n) is 9.60. The second kappa shape index (κ2) is 6.39. The molecule has 1 rings (SSSR count). The minimum atomic E-state index is -0.634. The predicted octanol–water partition coefficient (Wildman–Crippen LogP) is 2.27. The first kappa shape index (κ1) is 13.7. The molecule has 0 aliphatic carbocycles. The van der Waals surface area contributed by atoms with Gasteiger partial charge in [-0.1, -0.05) is 28.1 Å². The molecule has 1 aromatic carbocycles. The van der Waals surface area contributed by atoms with Crippen molar-refractivity contribution in [3.63, 3.8) is 0 Å². The number of carbonyl (C=O) groups is 2. The number of methoxy groups -OCH3 is 2. The van der Waals surface area contributed by atoms with E-state index in [-0.39, 0.29) is 6.42 Å². The lowest BCUT2D eigenvalue weighted by molar-refractivity contribution is -0.149. The van der Waals surface area contributed by atoms with Crippen molar-refractivity contribution in [2.24, 2.45) is 0 Å². The molecule has 5 heteroatoms. The maximum Gasteiger partial charge on any atom is 0.313 e. The van der Waals surface area contributed by atoms with Gasteiger partial charge in [0.25, 0.3) is 0 Å². The summed E-state index contributed by atoms with van der Waals surface area (Å²) in [6, 6.07) is 7.20. The number of esters is 2. The number of carbonyl (C=O) groups excluding carboxylic acids is 2. The molecule has 0 N–H and O–H groups in total. The average molecular weight is 301 g/mol. The van der Waals surface area contributed by atoms with Crippen molar-refractivity contribution >= 4 is 27.9 Å². The van der Waals surface area contributed by atoms with E-state index in [2.05, 4.69) is 20.7 Å². The molecule has 0 spiro atoms. The molecule has 17 heavy (non-hydrogen) atoms. The van der Waals surface area contributed by atoms with Crippen LogP contribution in [0.5, 0.6) is 0 Å². The van der Waals surface area contributed by atoms with E-state index < -0.39 is 17.9 Å². The van der Waals surface area contributed by atoms with E-state index in [0.717, 1.165) is 10.0 Å². The Kier molecular flexibility index (Phi) is 5.15. The van der Waals surface area contributed by atoms with Gasteiger partial charge < -0.3 is 9.47 Å². The highest BCUT2D eigenvalue weighted by molar-refractivity contribution is 9.10. The van der Waals surface area contributed by atoms with Gasteiger partial charge >= 0.3 is 11.9 Å². The number of hydrogen-bond donors (Lipinski definition) is 0. The maximum atomic E-state index is 11.6. The van der Waals surface area contributed by atoms with E-state index in [0.29, 0.717) is 0 Å². The third-order valence-corrected chi connectivity index (χ3v) is 2.83. The summed E-state index contributed by atoms with van der Waals surface area (Å²) in [6.45, 7) is 0. The van der Waals surface area contributed by atoms with Crippen LogP contribution >= 0.6 is 15.9 Å². The predicted molar refractivity (Wildman–Crippen MR) is 65.5 cm³/mol. The zero-order valence-corrected chi connectivity index (χ0v) is 11.2. The van der Waals surface area contributed by atoms with Gasteiger partial charge in [-0.2, -0.15) is 0 Å². The highest BCUT2D eigenvalue weighted by Gasteiger charge is 2.25. The summed E-state index contributed by atoms with van der Waals surface area (Å²) in [7, 11) is 2.59. The van der Waals surface area contributed by atoms with Crippen molar-refractivity contribution in [3.8, 4) is 0 Å². The summed E-state index contributed by atoms with van der Waals surface area (Å²) in [5, 5.41) is 0. The quantitative estimate of drug-likeness (QED) is 0.801. The van der Waals surface area contributed by atoms with E-state index in [1.807, 2.05) is 6.07 Å². The first-order valence-corrected chi connectivity index (χ1v) is 5.78. The molecule has 0 radical (unpaired) electrons. The van der Waals surface area contributed by atoms with Crippen molar-refractivity contribution in [3.05, 3.63) is 34.3 Å². The molecule has 0 aromatic heterocycles. The van der Waals surface area contributed by atoms with Gasteiger partial charge in [-0.25, -0.2) is 0 Å². The zero-order chi connectivity index (χ0) is 12.8. The standard InChI is InChI=1S/C12H13BrO4/c1-16-11(14)7-10(12(15)17-2)8-4-3-5-9(13)6-8/h3-6,10H,7H2,1-2H3. The molecule has 92 valence electrons. The minimum absolute atomic E-state index is 0.0281. The van der Waals surface area contributed by atoms with Crippen LogP contribution in [0.3, 0.4) is 0 Å². The van der Waals surface area contributed by atoms with Crippen LogP contribution in [0.1, 0.15) is 17.9 Å². The van der Waals surface area contributed by atoms with Gasteiger partial charge in [0.1, 0.15) is 0 Å². The Bertz CT molecular complexity index is 417. The van der Waals surface area contributed by atoms with Crippen molar-refractivity contribution in [2.45, 2.75) is 12.3 Å². The van der Waals surface area contributed by atoms with Crippen LogP contribution < -0.4 is 0 Å². The molecular formula is C12H13BrO4. The minimum Gasteiger partial charge on any atom is -0.469 e. The molecule has 0 aliphatic rings. The third-order valence-electron chi connectivity index (χ3n) is 2.34. The van der Waals surface area contributed by atoms with E-state index >= 15 is 0 Å². The largest absolute Gasteiger partial charge is 0.469 e. The van der Waals surface area contributed by atoms with Crippen LogP contribution in [0.15, 0.2) is 28.7 Å². The normalized spacial score (nSPS) is 11.7. The number of ether oxygens (including phenoxy) is 2. The summed E-state index contributed by atoms with van der Waals surface area (Å²) >= 11 is 3.32. The molecule has 0 aliphatic heterocycles. The smallest absolute Gasteiger partial charge is 0.313 e. The molecule has 0 amide bonds. The van der Waals surface area contributed by atoms with Crippen LogP contribution in [0.2, 0.25) is 0 Å². The van der Waals surface area contributed by atoms with Crippen LogP contribution in [-0.4, -0.2) is 26.2 Å².